The SMILES string of the molecule is COC(=O)c1ccc([C@H](C)NC(=O)c2cccc3c2N(B(C)O)CC3)cc1.COC(=O)c1ccc([C@H](C)NC(=O)c2cccc3c2NCC3)cc1. The number of carbonyl (C=O) groups is 4. The van der Waals surface area contributed by atoms with E-state index < -0.39 is 13.0 Å². The normalized spacial score (nSPS) is 13.6. The number of carbonyl (C=O) groups excluding carboxylic acids is 4. The summed E-state index contributed by atoms with van der Waals surface area (Å²) in [5, 5.41) is 19.3. The predicted octanol–water partition coefficient (Wildman–Crippen LogP) is 5.37. The van der Waals surface area contributed by atoms with E-state index in [1.165, 1.54) is 19.8 Å². The van der Waals surface area contributed by atoms with Crippen LogP contribution in [0.5, 0.6) is 0 Å². The number of hydrogen-bond donors (Lipinski definition) is 4. The van der Waals surface area contributed by atoms with Gasteiger partial charge in [0.2, 0.25) is 0 Å². The predicted molar refractivity (Wildman–Crippen MR) is 197 cm³/mol. The Morgan fingerprint density at radius 1 is 0.725 bits per heavy atom. The molecule has 0 unspecified atom stereocenters. The number of fused-ring (bicyclic) bond motifs is 2. The Kier molecular flexibility index (Phi) is 11.8. The number of esters is 2. The lowest BCUT2D eigenvalue weighted by Gasteiger charge is -2.23. The lowest BCUT2D eigenvalue weighted by molar-refractivity contribution is 0.0592. The summed E-state index contributed by atoms with van der Waals surface area (Å²) < 4.78 is 9.38. The second-order valence-electron chi connectivity index (χ2n) is 12.5. The average Bonchev–Trinajstić information content (AvgIpc) is 3.82. The fourth-order valence-electron chi connectivity index (χ4n) is 6.34. The second kappa shape index (κ2) is 16.4. The maximum Gasteiger partial charge on any atom is 0.409 e. The van der Waals surface area contributed by atoms with Crippen LogP contribution < -0.4 is 20.8 Å². The van der Waals surface area contributed by atoms with E-state index in [0.29, 0.717) is 28.8 Å². The van der Waals surface area contributed by atoms with Crippen LogP contribution >= 0.6 is 0 Å². The number of anilines is 2. The third kappa shape index (κ3) is 8.41. The number of hydrogen-bond acceptors (Lipinski definition) is 9. The minimum atomic E-state index is -0.650. The molecular formula is C39H43BN4O7. The maximum absolute atomic E-state index is 12.9. The number of para-hydroxylation sites is 2. The van der Waals surface area contributed by atoms with Gasteiger partial charge < -0.3 is 35.3 Å². The second-order valence-corrected chi connectivity index (χ2v) is 12.5. The molecule has 2 aliphatic heterocycles. The first-order chi connectivity index (χ1) is 24.5. The lowest BCUT2D eigenvalue weighted by atomic mass is 9.84. The summed E-state index contributed by atoms with van der Waals surface area (Å²) in [7, 11) is 2.04. The van der Waals surface area contributed by atoms with Crippen molar-refractivity contribution in [2.75, 3.05) is 37.4 Å². The van der Waals surface area contributed by atoms with Crippen LogP contribution in [-0.4, -0.2) is 63.1 Å². The standard InChI is InChI=1S/C20H23BN2O4.C19H20N2O3/c1-13(14-7-9-16(10-8-14)20(25)27-3)22-19(24)17-6-4-5-15-11-12-23(18(15)17)21(2)26;1-12(13-6-8-15(9-7-13)19(23)24-2)21-18(22)16-5-3-4-14-10-11-20-17(14)16/h4-10,13,26H,11-12H2,1-3H3,(H,22,24);3-9,12,20H,10-11H2,1-2H3,(H,21,22)/t13-;12-/m00/s1. The molecule has 12 heteroatoms. The molecule has 4 N–H and O–H groups in total. The highest BCUT2D eigenvalue weighted by atomic mass is 16.5. The monoisotopic (exact) mass is 690 g/mol. The van der Waals surface area contributed by atoms with Gasteiger partial charge in [-0.25, -0.2) is 9.59 Å². The molecule has 4 aromatic rings. The van der Waals surface area contributed by atoms with E-state index in [1.54, 1.807) is 49.3 Å². The van der Waals surface area contributed by atoms with Crippen molar-refractivity contribution in [1.29, 1.82) is 0 Å². The number of ether oxygens (including phenoxy) is 2. The molecule has 2 atom stereocenters. The zero-order chi connectivity index (χ0) is 36.7. The van der Waals surface area contributed by atoms with Crippen molar-refractivity contribution in [1.82, 2.24) is 10.6 Å². The molecule has 0 aliphatic carbocycles. The Bertz CT molecular complexity index is 1900. The Morgan fingerprint density at radius 3 is 1.73 bits per heavy atom. The molecule has 51 heavy (non-hydrogen) atoms. The van der Waals surface area contributed by atoms with Crippen LogP contribution in [0.3, 0.4) is 0 Å². The molecule has 0 fully saturated rings. The maximum atomic E-state index is 12.9. The highest BCUT2D eigenvalue weighted by molar-refractivity contribution is 6.54. The quantitative estimate of drug-likeness (QED) is 0.135. The molecule has 0 aromatic heterocycles. The van der Waals surface area contributed by atoms with Gasteiger partial charge in [0.05, 0.1) is 54.2 Å². The van der Waals surface area contributed by atoms with Gasteiger partial charge in [-0.15, -0.1) is 0 Å². The van der Waals surface area contributed by atoms with Crippen LogP contribution in [-0.2, 0) is 22.3 Å². The molecule has 2 heterocycles. The van der Waals surface area contributed by atoms with Gasteiger partial charge in [-0.1, -0.05) is 48.5 Å². The highest BCUT2D eigenvalue weighted by Gasteiger charge is 2.30. The third-order valence-corrected chi connectivity index (χ3v) is 9.17. The van der Waals surface area contributed by atoms with E-state index in [4.69, 9.17) is 4.74 Å². The summed E-state index contributed by atoms with van der Waals surface area (Å²) in [4.78, 5) is 50.3. The van der Waals surface area contributed by atoms with E-state index in [-0.39, 0.29) is 29.9 Å². The van der Waals surface area contributed by atoms with Gasteiger partial charge in [0.25, 0.3) is 11.8 Å². The smallest absolute Gasteiger partial charge is 0.409 e. The molecule has 0 spiro atoms. The zero-order valence-electron chi connectivity index (χ0n) is 29.5. The van der Waals surface area contributed by atoms with Gasteiger partial charge in [-0.3, -0.25) is 9.59 Å². The van der Waals surface area contributed by atoms with Gasteiger partial charge in [0, 0.05) is 18.8 Å². The van der Waals surface area contributed by atoms with Gasteiger partial charge in [0.15, 0.2) is 0 Å². The van der Waals surface area contributed by atoms with Crippen molar-refractivity contribution in [2.24, 2.45) is 0 Å². The van der Waals surface area contributed by atoms with Crippen molar-refractivity contribution in [3.8, 4) is 0 Å². The fourth-order valence-corrected chi connectivity index (χ4v) is 6.34. The molecule has 2 amide bonds. The fraction of sp³-hybridized carbons (Fsp3) is 0.282. The Balaban J connectivity index is 0.000000199. The molecule has 0 saturated heterocycles. The van der Waals surface area contributed by atoms with Crippen LogP contribution in [0.4, 0.5) is 11.4 Å². The van der Waals surface area contributed by atoms with Crippen LogP contribution in [0.2, 0.25) is 6.82 Å². The first kappa shape index (κ1) is 36.7. The molecule has 0 saturated carbocycles. The van der Waals surface area contributed by atoms with Crippen molar-refractivity contribution in [3.63, 3.8) is 0 Å². The molecule has 11 nitrogen and oxygen atoms in total. The molecule has 4 aromatic carbocycles. The number of rotatable bonds is 9. The Labute approximate surface area is 298 Å². The Hall–Kier alpha value is -5.62. The van der Waals surface area contributed by atoms with Crippen molar-refractivity contribution >= 4 is 42.2 Å². The van der Waals surface area contributed by atoms with Gasteiger partial charge >= 0.3 is 19.0 Å². The minimum absolute atomic E-state index is 0.106. The van der Waals surface area contributed by atoms with Crippen LogP contribution in [0.15, 0.2) is 84.9 Å². The first-order valence-electron chi connectivity index (χ1n) is 16.9. The van der Waals surface area contributed by atoms with E-state index in [1.807, 2.05) is 61.1 Å². The summed E-state index contributed by atoms with van der Waals surface area (Å²) >= 11 is 0. The van der Waals surface area contributed by atoms with Gasteiger partial charge in [0.1, 0.15) is 0 Å². The van der Waals surface area contributed by atoms with Crippen LogP contribution in [0.1, 0.15) is 89.6 Å². The summed E-state index contributed by atoms with van der Waals surface area (Å²) in [6.07, 6.45) is 1.76. The molecule has 264 valence electrons. The Morgan fingerprint density at radius 2 is 1.22 bits per heavy atom. The van der Waals surface area contributed by atoms with Gasteiger partial charge in [-0.2, -0.15) is 0 Å². The van der Waals surface area contributed by atoms with Gasteiger partial charge in [-0.05, 0) is 92.2 Å². The largest absolute Gasteiger partial charge is 0.465 e. The molecule has 0 radical (unpaired) electrons. The highest BCUT2D eigenvalue weighted by Crippen LogP contribution is 2.33. The van der Waals surface area contributed by atoms with Crippen LogP contribution in [0, 0.1) is 0 Å². The number of benzene rings is 4. The third-order valence-electron chi connectivity index (χ3n) is 9.17. The zero-order valence-corrected chi connectivity index (χ0v) is 29.5. The van der Waals surface area contributed by atoms with E-state index in [2.05, 4.69) is 20.7 Å². The number of amides is 2. The summed E-state index contributed by atoms with van der Waals surface area (Å²) in [5.41, 5.74) is 7.98. The van der Waals surface area contributed by atoms with Crippen LogP contribution in [0.25, 0.3) is 0 Å². The molecule has 0 bridgehead atoms. The van der Waals surface area contributed by atoms with Crippen molar-refractivity contribution in [3.05, 3.63) is 129 Å². The number of nitrogens with zero attached hydrogens (tertiary/aromatic N) is 1. The molecule has 2 aliphatic rings. The lowest BCUT2D eigenvalue weighted by Crippen LogP contribution is -2.37. The summed E-state index contributed by atoms with van der Waals surface area (Å²) in [5.74, 6) is -1.06. The van der Waals surface area contributed by atoms with Crippen molar-refractivity contribution < 1.29 is 33.7 Å². The number of nitrogens with one attached hydrogen (secondary N) is 3. The summed E-state index contributed by atoms with van der Waals surface area (Å²) in [6, 6.07) is 25.0. The van der Waals surface area contributed by atoms with E-state index in [9.17, 15) is 24.2 Å². The minimum Gasteiger partial charge on any atom is -0.465 e. The topological polar surface area (TPSA) is 146 Å². The van der Waals surface area contributed by atoms with Crippen molar-refractivity contribution in [2.45, 2.75) is 45.6 Å². The van der Waals surface area contributed by atoms with E-state index in [0.717, 1.165) is 47.5 Å². The molecule has 6 rings (SSSR count). The van der Waals surface area contributed by atoms with E-state index >= 15 is 0 Å². The molecular weight excluding hydrogens is 647 g/mol. The number of methoxy groups -OCH3 is 2. The first-order valence-corrected chi connectivity index (χ1v) is 16.9. The average molecular weight is 691 g/mol. The summed E-state index contributed by atoms with van der Waals surface area (Å²) in [6.45, 7) is 7.07.